The Labute approximate surface area is 123 Å². The number of hydrogen-bond acceptors (Lipinski definition) is 4. The first kappa shape index (κ1) is 15.1. The second-order valence-electron chi connectivity index (χ2n) is 4.54. The molecule has 0 spiro atoms. The highest BCUT2D eigenvalue weighted by Gasteiger charge is 2.18. The lowest BCUT2D eigenvalue weighted by Gasteiger charge is -2.17. The number of para-hydroxylation sites is 2. The highest BCUT2D eigenvalue weighted by molar-refractivity contribution is 5.54. The summed E-state index contributed by atoms with van der Waals surface area (Å²) in [6.45, 7) is 1.76. The van der Waals surface area contributed by atoms with Gasteiger partial charge in [0.2, 0.25) is 5.75 Å². The van der Waals surface area contributed by atoms with Crippen LogP contribution in [0.4, 0.5) is 4.39 Å². The Hall–Kier alpha value is -2.27. The number of halogens is 1. The van der Waals surface area contributed by atoms with Crippen LogP contribution in [-0.4, -0.2) is 14.2 Å². The van der Waals surface area contributed by atoms with Crippen LogP contribution in [0.25, 0.3) is 0 Å². The van der Waals surface area contributed by atoms with Crippen molar-refractivity contribution in [1.82, 2.24) is 0 Å². The van der Waals surface area contributed by atoms with E-state index in [1.54, 1.807) is 37.3 Å². The average molecular weight is 291 g/mol. The second kappa shape index (κ2) is 6.45. The van der Waals surface area contributed by atoms with Crippen molar-refractivity contribution in [1.29, 1.82) is 0 Å². The van der Waals surface area contributed by atoms with Gasteiger partial charge in [-0.2, -0.15) is 0 Å². The maximum Gasteiger partial charge on any atom is 0.211 e. The maximum absolute atomic E-state index is 14.1. The molecule has 0 aromatic heterocycles. The molecule has 5 heteroatoms. The predicted molar refractivity (Wildman–Crippen MR) is 78.6 cm³/mol. The second-order valence-corrected chi connectivity index (χ2v) is 4.54. The van der Waals surface area contributed by atoms with E-state index in [0.29, 0.717) is 22.8 Å². The molecule has 0 radical (unpaired) electrons. The molecule has 2 N–H and O–H groups in total. The van der Waals surface area contributed by atoms with Crippen molar-refractivity contribution < 1.29 is 18.6 Å². The Bertz CT molecular complexity index is 607. The average Bonchev–Trinajstić information content (AvgIpc) is 2.49. The third kappa shape index (κ3) is 3.08. The minimum absolute atomic E-state index is 0.0790. The minimum atomic E-state index is -0.488. The van der Waals surface area contributed by atoms with E-state index >= 15 is 0 Å². The highest BCUT2D eigenvalue weighted by Crippen LogP contribution is 2.42. The summed E-state index contributed by atoms with van der Waals surface area (Å²) in [7, 11) is 3.02. The number of benzene rings is 2. The van der Waals surface area contributed by atoms with E-state index in [1.807, 2.05) is 0 Å². The molecule has 0 bridgehead atoms. The summed E-state index contributed by atoms with van der Waals surface area (Å²) >= 11 is 0. The van der Waals surface area contributed by atoms with Crippen LogP contribution < -0.4 is 19.9 Å². The molecule has 0 aliphatic carbocycles. The quantitative estimate of drug-likeness (QED) is 0.913. The van der Waals surface area contributed by atoms with Gasteiger partial charge in [0.15, 0.2) is 23.1 Å². The van der Waals surface area contributed by atoms with Gasteiger partial charge >= 0.3 is 0 Å². The standard InChI is InChI=1S/C16H18FNO3/c1-10(18)11-6-4-7-12(17)15(11)21-16-13(19-2)8-5-9-14(16)20-3/h4-10H,18H2,1-3H3. The van der Waals surface area contributed by atoms with Gasteiger partial charge in [0.05, 0.1) is 14.2 Å². The van der Waals surface area contributed by atoms with Crippen molar-refractivity contribution in [2.45, 2.75) is 13.0 Å². The Kier molecular flexibility index (Phi) is 4.65. The number of methoxy groups -OCH3 is 2. The molecule has 2 aromatic carbocycles. The predicted octanol–water partition coefficient (Wildman–Crippen LogP) is 3.65. The smallest absolute Gasteiger partial charge is 0.211 e. The van der Waals surface area contributed by atoms with Crippen molar-refractivity contribution in [2.75, 3.05) is 14.2 Å². The normalized spacial score (nSPS) is 11.9. The molecule has 21 heavy (non-hydrogen) atoms. The summed E-state index contributed by atoms with van der Waals surface area (Å²) in [5.41, 5.74) is 6.44. The van der Waals surface area contributed by atoms with E-state index in [1.165, 1.54) is 20.3 Å². The fourth-order valence-electron chi connectivity index (χ4n) is 2.01. The molecule has 2 rings (SSSR count). The first-order valence-electron chi connectivity index (χ1n) is 6.51. The zero-order chi connectivity index (χ0) is 15.4. The van der Waals surface area contributed by atoms with Crippen molar-refractivity contribution in [2.24, 2.45) is 5.73 Å². The van der Waals surface area contributed by atoms with Gasteiger partial charge in [0, 0.05) is 11.6 Å². The van der Waals surface area contributed by atoms with Crippen LogP contribution in [0, 0.1) is 5.82 Å². The van der Waals surface area contributed by atoms with E-state index in [4.69, 9.17) is 19.9 Å². The van der Waals surface area contributed by atoms with Crippen LogP contribution in [-0.2, 0) is 0 Å². The van der Waals surface area contributed by atoms with Crippen LogP contribution in [0.15, 0.2) is 36.4 Å². The summed E-state index contributed by atoms with van der Waals surface area (Å²) in [6, 6.07) is 9.47. The largest absolute Gasteiger partial charge is 0.493 e. The van der Waals surface area contributed by atoms with Gasteiger partial charge in [-0.25, -0.2) is 4.39 Å². The Morgan fingerprint density at radius 2 is 1.52 bits per heavy atom. The fraction of sp³-hybridized carbons (Fsp3) is 0.250. The van der Waals surface area contributed by atoms with Crippen LogP contribution >= 0.6 is 0 Å². The summed E-state index contributed by atoms with van der Waals surface area (Å²) in [6.07, 6.45) is 0. The number of ether oxygens (including phenoxy) is 3. The van der Waals surface area contributed by atoms with E-state index in [2.05, 4.69) is 0 Å². The lowest BCUT2D eigenvalue weighted by atomic mass is 10.1. The monoisotopic (exact) mass is 291 g/mol. The number of nitrogens with two attached hydrogens (primary N) is 1. The van der Waals surface area contributed by atoms with Gasteiger partial charge in [-0.05, 0) is 25.1 Å². The van der Waals surface area contributed by atoms with Crippen molar-refractivity contribution >= 4 is 0 Å². The maximum atomic E-state index is 14.1. The molecule has 0 aliphatic heterocycles. The summed E-state index contributed by atoms with van der Waals surface area (Å²) in [4.78, 5) is 0. The molecular formula is C16H18FNO3. The third-order valence-corrected chi connectivity index (χ3v) is 3.07. The Morgan fingerprint density at radius 1 is 0.952 bits per heavy atom. The number of hydrogen-bond donors (Lipinski definition) is 1. The van der Waals surface area contributed by atoms with E-state index in [0.717, 1.165) is 0 Å². The molecule has 0 amide bonds. The number of rotatable bonds is 5. The molecule has 0 fully saturated rings. The zero-order valence-corrected chi connectivity index (χ0v) is 12.2. The third-order valence-electron chi connectivity index (χ3n) is 3.07. The molecular weight excluding hydrogens is 273 g/mol. The summed E-state index contributed by atoms with van der Waals surface area (Å²) < 4.78 is 30.3. The lowest BCUT2D eigenvalue weighted by Crippen LogP contribution is -2.08. The first-order valence-corrected chi connectivity index (χ1v) is 6.51. The van der Waals surface area contributed by atoms with Crippen molar-refractivity contribution in [3.63, 3.8) is 0 Å². The van der Waals surface area contributed by atoms with Crippen LogP contribution in [0.3, 0.4) is 0 Å². The molecule has 0 saturated carbocycles. The molecule has 4 nitrogen and oxygen atoms in total. The van der Waals surface area contributed by atoms with Gasteiger partial charge in [-0.1, -0.05) is 18.2 Å². The van der Waals surface area contributed by atoms with Gasteiger partial charge < -0.3 is 19.9 Å². The molecule has 1 unspecified atom stereocenters. The minimum Gasteiger partial charge on any atom is -0.493 e. The summed E-state index contributed by atoms with van der Waals surface area (Å²) in [5, 5.41) is 0. The van der Waals surface area contributed by atoms with Crippen molar-refractivity contribution in [3.05, 3.63) is 47.8 Å². The SMILES string of the molecule is COc1cccc(OC)c1Oc1c(F)cccc1C(C)N. The Balaban J connectivity index is 2.53. The molecule has 0 heterocycles. The molecule has 1 atom stereocenters. The van der Waals surface area contributed by atoms with Crippen LogP contribution in [0.5, 0.6) is 23.0 Å². The molecule has 0 saturated heterocycles. The molecule has 112 valence electrons. The Morgan fingerprint density at radius 3 is 2.05 bits per heavy atom. The van der Waals surface area contributed by atoms with Crippen LogP contribution in [0.1, 0.15) is 18.5 Å². The van der Waals surface area contributed by atoms with Gasteiger partial charge in [0.25, 0.3) is 0 Å². The zero-order valence-electron chi connectivity index (χ0n) is 12.2. The van der Waals surface area contributed by atoms with Gasteiger partial charge in [0.1, 0.15) is 0 Å². The van der Waals surface area contributed by atoms with Crippen molar-refractivity contribution in [3.8, 4) is 23.0 Å². The summed E-state index contributed by atoms with van der Waals surface area (Å²) in [5.74, 6) is 0.809. The van der Waals surface area contributed by atoms with E-state index < -0.39 is 5.82 Å². The van der Waals surface area contributed by atoms with E-state index in [9.17, 15) is 4.39 Å². The lowest BCUT2D eigenvalue weighted by molar-refractivity contribution is 0.337. The topological polar surface area (TPSA) is 53.7 Å². The van der Waals surface area contributed by atoms with Crippen LogP contribution in [0.2, 0.25) is 0 Å². The van der Waals surface area contributed by atoms with Gasteiger partial charge in [-0.15, -0.1) is 0 Å². The molecule has 0 aliphatic rings. The first-order chi connectivity index (χ1) is 10.1. The molecule has 2 aromatic rings. The highest BCUT2D eigenvalue weighted by atomic mass is 19.1. The van der Waals surface area contributed by atoms with Gasteiger partial charge in [-0.3, -0.25) is 0 Å². The van der Waals surface area contributed by atoms with E-state index in [-0.39, 0.29) is 11.8 Å². The fourth-order valence-corrected chi connectivity index (χ4v) is 2.01.